The highest BCUT2D eigenvalue weighted by Crippen LogP contribution is 2.36. The molecule has 0 atom stereocenters. The van der Waals surface area contributed by atoms with E-state index in [1.165, 1.54) is 0 Å². The quantitative estimate of drug-likeness (QED) is 0.769. The fourth-order valence-corrected chi connectivity index (χ4v) is 1.62. The molecule has 0 fully saturated rings. The predicted octanol–water partition coefficient (Wildman–Crippen LogP) is 4.64. The van der Waals surface area contributed by atoms with Crippen LogP contribution in [-0.4, -0.2) is 6.61 Å². The summed E-state index contributed by atoms with van der Waals surface area (Å²) in [6.45, 7) is 1.72. The molecule has 0 saturated carbocycles. The molecule has 0 radical (unpaired) electrons. The summed E-state index contributed by atoms with van der Waals surface area (Å²) < 4.78 is 73.9. The zero-order valence-electron chi connectivity index (χ0n) is 10.2. The normalized spacial score (nSPS) is 11.7. The highest BCUT2D eigenvalue weighted by atomic mass is 19.4. The van der Waals surface area contributed by atoms with Crippen molar-refractivity contribution in [3.63, 3.8) is 0 Å². The summed E-state index contributed by atoms with van der Waals surface area (Å²) in [4.78, 5) is 0. The zero-order chi connectivity index (χ0) is 14.9. The van der Waals surface area contributed by atoms with E-state index in [9.17, 15) is 22.0 Å². The van der Waals surface area contributed by atoms with E-state index in [2.05, 4.69) is 4.42 Å². The van der Waals surface area contributed by atoms with E-state index < -0.39 is 34.9 Å². The van der Waals surface area contributed by atoms with Gasteiger partial charge in [0, 0.05) is 0 Å². The third kappa shape index (κ3) is 2.61. The lowest BCUT2D eigenvalue weighted by molar-refractivity contribution is -0.152. The van der Waals surface area contributed by atoms with Crippen LogP contribution >= 0.6 is 0 Å². The molecule has 1 heterocycles. The van der Waals surface area contributed by atoms with E-state index in [1.54, 1.807) is 6.92 Å². The maximum Gasteiger partial charge on any atom is 0.449 e. The fourth-order valence-electron chi connectivity index (χ4n) is 1.62. The second-order valence-corrected chi connectivity index (χ2v) is 3.83. The molecule has 20 heavy (non-hydrogen) atoms. The molecule has 2 nitrogen and oxygen atoms in total. The first-order chi connectivity index (χ1) is 9.34. The standard InChI is InChI=1S/C13H9F5O2/c1-2-19-9-4-3-7(11(14)12(9)15)8-5-6-10(20-8)13(16,17)18/h3-6H,2H2,1H3. The van der Waals surface area contributed by atoms with Gasteiger partial charge in [-0.2, -0.15) is 17.6 Å². The molecule has 0 N–H and O–H groups in total. The Kier molecular flexibility index (Phi) is 3.69. The van der Waals surface area contributed by atoms with Gasteiger partial charge in [0.15, 0.2) is 11.6 Å². The Bertz CT molecular complexity index is 616. The predicted molar refractivity (Wildman–Crippen MR) is 60.2 cm³/mol. The lowest BCUT2D eigenvalue weighted by atomic mass is 10.1. The monoisotopic (exact) mass is 292 g/mol. The number of benzene rings is 1. The van der Waals surface area contributed by atoms with Gasteiger partial charge < -0.3 is 9.15 Å². The minimum Gasteiger partial charge on any atom is -0.491 e. The van der Waals surface area contributed by atoms with Gasteiger partial charge in [-0.05, 0) is 31.2 Å². The van der Waals surface area contributed by atoms with Crippen molar-refractivity contribution in [3.05, 3.63) is 41.7 Å². The molecule has 0 aliphatic rings. The third-order valence-electron chi connectivity index (χ3n) is 2.50. The van der Waals surface area contributed by atoms with Gasteiger partial charge in [0.2, 0.25) is 11.6 Å². The van der Waals surface area contributed by atoms with Crippen molar-refractivity contribution in [1.29, 1.82) is 0 Å². The van der Waals surface area contributed by atoms with E-state index in [0.29, 0.717) is 6.07 Å². The van der Waals surface area contributed by atoms with Gasteiger partial charge in [0.25, 0.3) is 0 Å². The van der Waals surface area contributed by atoms with Crippen molar-refractivity contribution >= 4 is 0 Å². The van der Waals surface area contributed by atoms with Crippen LogP contribution in [0.2, 0.25) is 0 Å². The average molecular weight is 292 g/mol. The summed E-state index contributed by atoms with van der Waals surface area (Å²) in [5.41, 5.74) is -0.401. The van der Waals surface area contributed by atoms with Crippen molar-refractivity contribution in [2.75, 3.05) is 6.61 Å². The van der Waals surface area contributed by atoms with E-state index >= 15 is 0 Å². The van der Waals surface area contributed by atoms with Crippen LogP contribution in [0.1, 0.15) is 12.7 Å². The smallest absolute Gasteiger partial charge is 0.449 e. The van der Waals surface area contributed by atoms with Gasteiger partial charge in [-0.3, -0.25) is 0 Å². The highest BCUT2D eigenvalue weighted by molar-refractivity contribution is 5.60. The molecule has 0 unspecified atom stereocenters. The van der Waals surface area contributed by atoms with Gasteiger partial charge in [-0.25, -0.2) is 4.39 Å². The number of alkyl halides is 3. The zero-order valence-corrected chi connectivity index (χ0v) is 10.2. The van der Waals surface area contributed by atoms with Crippen molar-refractivity contribution in [3.8, 4) is 17.1 Å². The molecule has 0 spiro atoms. The van der Waals surface area contributed by atoms with E-state index in [0.717, 1.165) is 18.2 Å². The van der Waals surface area contributed by atoms with Crippen LogP contribution in [0, 0.1) is 11.6 Å². The molecular formula is C13H9F5O2. The van der Waals surface area contributed by atoms with Gasteiger partial charge >= 0.3 is 6.18 Å². The van der Waals surface area contributed by atoms with E-state index in [1.807, 2.05) is 0 Å². The number of ether oxygens (including phenoxy) is 1. The number of hydrogen-bond donors (Lipinski definition) is 0. The average Bonchev–Trinajstić information content (AvgIpc) is 2.85. The Morgan fingerprint density at radius 2 is 1.75 bits per heavy atom. The fraction of sp³-hybridized carbons (Fsp3) is 0.231. The van der Waals surface area contributed by atoms with Crippen molar-refractivity contribution in [1.82, 2.24) is 0 Å². The van der Waals surface area contributed by atoms with Gasteiger partial charge in [-0.1, -0.05) is 0 Å². The molecule has 0 saturated heterocycles. The molecule has 7 heteroatoms. The second-order valence-electron chi connectivity index (χ2n) is 3.83. The molecular weight excluding hydrogens is 283 g/mol. The van der Waals surface area contributed by atoms with Crippen molar-refractivity contribution in [2.45, 2.75) is 13.1 Å². The Labute approximate surface area is 110 Å². The third-order valence-corrected chi connectivity index (χ3v) is 2.50. The number of halogens is 5. The summed E-state index contributed by atoms with van der Waals surface area (Å²) in [6, 6.07) is 3.82. The molecule has 0 bridgehead atoms. The minimum absolute atomic E-state index is 0.134. The Hall–Kier alpha value is -2.05. The maximum absolute atomic E-state index is 13.8. The largest absolute Gasteiger partial charge is 0.491 e. The Balaban J connectivity index is 2.43. The van der Waals surface area contributed by atoms with Crippen LogP contribution in [0.3, 0.4) is 0 Å². The van der Waals surface area contributed by atoms with E-state index in [-0.39, 0.29) is 12.4 Å². The van der Waals surface area contributed by atoms with Gasteiger partial charge in [0.05, 0.1) is 12.2 Å². The van der Waals surface area contributed by atoms with Gasteiger partial charge in [0.1, 0.15) is 5.76 Å². The number of rotatable bonds is 3. The number of hydrogen-bond acceptors (Lipinski definition) is 2. The summed E-state index contributed by atoms with van der Waals surface area (Å²) in [5, 5.41) is 0. The molecule has 1 aromatic heterocycles. The highest BCUT2D eigenvalue weighted by Gasteiger charge is 2.35. The Morgan fingerprint density at radius 1 is 1.05 bits per heavy atom. The minimum atomic E-state index is -4.68. The van der Waals surface area contributed by atoms with Crippen LogP contribution in [0.25, 0.3) is 11.3 Å². The van der Waals surface area contributed by atoms with Crippen molar-refractivity contribution < 1.29 is 31.1 Å². The molecule has 1 aromatic carbocycles. The molecule has 2 rings (SSSR count). The Morgan fingerprint density at radius 3 is 2.30 bits per heavy atom. The lowest BCUT2D eigenvalue weighted by Gasteiger charge is -2.07. The maximum atomic E-state index is 13.8. The first-order valence-electron chi connectivity index (χ1n) is 5.62. The first-order valence-corrected chi connectivity index (χ1v) is 5.62. The molecule has 108 valence electrons. The van der Waals surface area contributed by atoms with Gasteiger partial charge in [-0.15, -0.1) is 0 Å². The lowest BCUT2D eigenvalue weighted by Crippen LogP contribution is -2.02. The van der Waals surface area contributed by atoms with Crippen LogP contribution in [0.4, 0.5) is 22.0 Å². The van der Waals surface area contributed by atoms with Crippen LogP contribution in [-0.2, 0) is 6.18 Å². The molecule has 0 amide bonds. The first kappa shape index (κ1) is 14.4. The van der Waals surface area contributed by atoms with Crippen LogP contribution in [0.5, 0.6) is 5.75 Å². The van der Waals surface area contributed by atoms with Crippen LogP contribution in [0.15, 0.2) is 28.7 Å². The molecule has 2 aromatic rings. The summed E-state index contributed by atoms with van der Waals surface area (Å²) in [6.07, 6.45) is -4.68. The topological polar surface area (TPSA) is 22.4 Å². The molecule has 0 aliphatic carbocycles. The van der Waals surface area contributed by atoms with E-state index in [4.69, 9.17) is 4.74 Å². The second kappa shape index (κ2) is 5.15. The molecule has 0 aliphatic heterocycles. The van der Waals surface area contributed by atoms with Crippen molar-refractivity contribution in [2.24, 2.45) is 0 Å². The summed E-state index contributed by atoms with van der Waals surface area (Å²) in [7, 11) is 0. The number of furan rings is 1. The SMILES string of the molecule is CCOc1ccc(-c2ccc(C(F)(F)F)o2)c(F)c1F. The summed E-state index contributed by atoms with van der Waals surface area (Å²) in [5.74, 6) is -4.58. The van der Waals surface area contributed by atoms with Crippen LogP contribution < -0.4 is 4.74 Å². The summed E-state index contributed by atoms with van der Waals surface area (Å²) >= 11 is 0.